The van der Waals surface area contributed by atoms with Gasteiger partial charge < -0.3 is 5.11 Å². The Balaban J connectivity index is 3.58. The van der Waals surface area contributed by atoms with Crippen LogP contribution in [-0.4, -0.2) is 11.2 Å². The average Bonchev–Trinajstić information content (AvgIpc) is 2.02. The Hall–Kier alpha value is -0.0400. The molecule has 1 heteroatoms. The topological polar surface area (TPSA) is 20.2 Å². The molecule has 0 saturated carbocycles. The summed E-state index contributed by atoms with van der Waals surface area (Å²) in [5.74, 6) is 1.13. The summed E-state index contributed by atoms with van der Waals surface area (Å²) in [5, 5.41) is 9.62. The van der Waals surface area contributed by atoms with Crippen LogP contribution < -0.4 is 0 Å². The normalized spacial score (nSPS) is 19.4. The standard InChI is InChI=1S/C10H22O/c1-5-8(3)7-10(11)9(4)6-2/h8-11H,5-7H2,1-4H3. The minimum Gasteiger partial charge on any atom is -0.393 e. The molecule has 11 heavy (non-hydrogen) atoms. The van der Waals surface area contributed by atoms with Crippen molar-refractivity contribution in [3.63, 3.8) is 0 Å². The zero-order valence-corrected chi connectivity index (χ0v) is 8.30. The third-order valence-corrected chi connectivity index (χ3v) is 2.64. The first-order valence-electron chi connectivity index (χ1n) is 4.79. The van der Waals surface area contributed by atoms with Crippen molar-refractivity contribution in [1.29, 1.82) is 0 Å². The van der Waals surface area contributed by atoms with Gasteiger partial charge in [0.15, 0.2) is 0 Å². The summed E-state index contributed by atoms with van der Waals surface area (Å²) in [7, 11) is 0. The minimum absolute atomic E-state index is 0.0880. The van der Waals surface area contributed by atoms with Crippen LogP contribution in [0.5, 0.6) is 0 Å². The molecule has 0 heterocycles. The van der Waals surface area contributed by atoms with Crippen molar-refractivity contribution in [2.24, 2.45) is 11.8 Å². The summed E-state index contributed by atoms with van der Waals surface area (Å²) in [6.07, 6.45) is 3.13. The van der Waals surface area contributed by atoms with Crippen molar-refractivity contribution in [1.82, 2.24) is 0 Å². The van der Waals surface area contributed by atoms with Crippen LogP contribution >= 0.6 is 0 Å². The van der Waals surface area contributed by atoms with Crippen LogP contribution in [0.1, 0.15) is 47.0 Å². The van der Waals surface area contributed by atoms with E-state index in [9.17, 15) is 5.11 Å². The molecule has 0 fully saturated rings. The van der Waals surface area contributed by atoms with E-state index in [0.717, 1.165) is 12.8 Å². The van der Waals surface area contributed by atoms with E-state index in [2.05, 4.69) is 27.7 Å². The molecule has 0 aromatic carbocycles. The molecule has 0 aliphatic rings. The quantitative estimate of drug-likeness (QED) is 0.652. The van der Waals surface area contributed by atoms with Gasteiger partial charge in [-0.2, -0.15) is 0 Å². The van der Waals surface area contributed by atoms with Gasteiger partial charge in [-0.1, -0.05) is 40.5 Å². The molecule has 0 spiro atoms. The molecule has 3 unspecified atom stereocenters. The molecule has 0 aliphatic carbocycles. The predicted molar refractivity (Wildman–Crippen MR) is 49.5 cm³/mol. The van der Waals surface area contributed by atoms with Crippen LogP contribution in [0.25, 0.3) is 0 Å². The van der Waals surface area contributed by atoms with E-state index in [-0.39, 0.29) is 6.10 Å². The van der Waals surface area contributed by atoms with Gasteiger partial charge in [0, 0.05) is 0 Å². The lowest BCUT2D eigenvalue weighted by Crippen LogP contribution is -2.19. The van der Waals surface area contributed by atoms with Crippen LogP contribution in [0.15, 0.2) is 0 Å². The smallest absolute Gasteiger partial charge is 0.0568 e. The van der Waals surface area contributed by atoms with Crippen LogP contribution in [0.4, 0.5) is 0 Å². The zero-order chi connectivity index (χ0) is 8.85. The first-order chi connectivity index (χ1) is 5.11. The Labute approximate surface area is 70.8 Å². The zero-order valence-electron chi connectivity index (χ0n) is 8.30. The van der Waals surface area contributed by atoms with Gasteiger partial charge in [-0.3, -0.25) is 0 Å². The van der Waals surface area contributed by atoms with Gasteiger partial charge in [0.25, 0.3) is 0 Å². The molecule has 0 bridgehead atoms. The number of aliphatic hydroxyl groups is 1. The fourth-order valence-corrected chi connectivity index (χ4v) is 1.08. The molecule has 0 aromatic heterocycles. The number of aliphatic hydroxyl groups excluding tert-OH is 1. The molecule has 1 N–H and O–H groups in total. The van der Waals surface area contributed by atoms with E-state index in [4.69, 9.17) is 0 Å². The van der Waals surface area contributed by atoms with Crippen molar-refractivity contribution >= 4 is 0 Å². The van der Waals surface area contributed by atoms with Crippen LogP contribution in [0, 0.1) is 11.8 Å². The largest absolute Gasteiger partial charge is 0.393 e. The second-order valence-electron chi connectivity index (χ2n) is 3.70. The summed E-state index contributed by atoms with van der Waals surface area (Å²) in [5.41, 5.74) is 0. The van der Waals surface area contributed by atoms with E-state index in [1.165, 1.54) is 6.42 Å². The SMILES string of the molecule is CCC(C)CC(O)C(C)CC. The highest BCUT2D eigenvalue weighted by molar-refractivity contribution is 4.65. The Morgan fingerprint density at radius 1 is 1.09 bits per heavy atom. The first kappa shape index (κ1) is 11.0. The summed E-state index contributed by atoms with van der Waals surface area (Å²) in [6, 6.07) is 0. The van der Waals surface area contributed by atoms with Crippen molar-refractivity contribution < 1.29 is 5.11 Å². The van der Waals surface area contributed by atoms with E-state index in [0.29, 0.717) is 11.8 Å². The van der Waals surface area contributed by atoms with E-state index < -0.39 is 0 Å². The number of hydrogen-bond donors (Lipinski definition) is 1. The summed E-state index contributed by atoms with van der Waals surface area (Å²) in [4.78, 5) is 0. The molecule has 0 saturated heterocycles. The second kappa shape index (κ2) is 5.59. The molecule has 0 amide bonds. The monoisotopic (exact) mass is 158 g/mol. The van der Waals surface area contributed by atoms with Gasteiger partial charge in [-0.25, -0.2) is 0 Å². The molecule has 1 nitrogen and oxygen atoms in total. The molecule has 0 aromatic rings. The van der Waals surface area contributed by atoms with E-state index >= 15 is 0 Å². The lowest BCUT2D eigenvalue weighted by molar-refractivity contribution is 0.0896. The lowest BCUT2D eigenvalue weighted by atomic mass is 9.92. The third-order valence-electron chi connectivity index (χ3n) is 2.64. The fourth-order valence-electron chi connectivity index (χ4n) is 1.08. The Bertz CT molecular complexity index is 90.9. The molecule has 0 rings (SSSR count). The summed E-state index contributed by atoms with van der Waals surface area (Å²) < 4.78 is 0. The van der Waals surface area contributed by atoms with Crippen molar-refractivity contribution in [3.05, 3.63) is 0 Å². The average molecular weight is 158 g/mol. The number of hydrogen-bond acceptors (Lipinski definition) is 1. The molecule has 3 atom stereocenters. The van der Waals surface area contributed by atoms with Crippen LogP contribution in [-0.2, 0) is 0 Å². The maximum atomic E-state index is 9.62. The van der Waals surface area contributed by atoms with Crippen LogP contribution in [0.2, 0.25) is 0 Å². The Kier molecular flexibility index (Phi) is 5.57. The third kappa shape index (κ3) is 4.41. The van der Waals surface area contributed by atoms with Gasteiger partial charge in [0.05, 0.1) is 6.10 Å². The van der Waals surface area contributed by atoms with Crippen molar-refractivity contribution in [2.75, 3.05) is 0 Å². The predicted octanol–water partition coefficient (Wildman–Crippen LogP) is 2.83. The van der Waals surface area contributed by atoms with Crippen molar-refractivity contribution in [3.8, 4) is 0 Å². The van der Waals surface area contributed by atoms with Gasteiger partial charge in [0.1, 0.15) is 0 Å². The highest BCUT2D eigenvalue weighted by atomic mass is 16.3. The molecule has 68 valence electrons. The Morgan fingerprint density at radius 2 is 1.64 bits per heavy atom. The summed E-state index contributed by atoms with van der Waals surface area (Å²) in [6.45, 7) is 8.62. The van der Waals surface area contributed by atoms with E-state index in [1.54, 1.807) is 0 Å². The minimum atomic E-state index is -0.0880. The molecular weight excluding hydrogens is 136 g/mol. The summed E-state index contributed by atoms with van der Waals surface area (Å²) >= 11 is 0. The van der Waals surface area contributed by atoms with Crippen LogP contribution in [0.3, 0.4) is 0 Å². The highest BCUT2D eigenvalue weighted by Gasteiger charge is 2.14. The Morgan fingerprint density at radius 3 is 2.00 bits per heavy atom. The van der Waals surface area contributed by atoms with Gasteiger partial charge >= 0.3 is 0 Å². The van der Waals surface area contributed by atoms with E-state index in [1.807, 2.05) is 0 Å². The fraction of sp³-hybridized carbons (Fsp3) is 1.00. The molecule has 0 aliphatic heterocycles. The highest BCUT2D eigenvalue weighted by Crippen LogP contribution is 2.17. The second-order valence-corrected chi connectivity index (χ2v) is 3.70. The molecule has 0 radical (unpaired) electrons. The van der Waals surface area contributed by atoms with Crippen molar-refractivity contribution in [2.45, 2.75) is 53.1 Å². The van der Waals surface area contributed by atoms with Gasteiger partial charge in [0.2, 0.25) is 0 Å². The number of rotatable bonds is 5. The first-order valence-corrected chi connectivity index (χ1v) is 4.79. The lowest BCUT2D eigenvalue weighted by Gasteiger charge is -2.19. The maximum Gasteiger partial charge on any atom is 0.0568 e. The molecular formula is C10H22O. The van der Waals surface area contributed by atoms with Gasteiger partial charge in [-0.05, 0) is 18.3 Å². The maximum absolute atomic E-state index is 9.62. The van der Waals surface area contributed by atoms with Gasteiger partial charge in [-0.15, -0.1) is 0 Å².